The first-order valence-electron chi connectivity index (χ1n) is 6.24. The van der Waals surface area contributed by atoms with Crippen molar-refractivity contribution in [3.63, 3.8) is 0 Å². The Morgan fingerprint density at radius 3 is 2.17 bits per heavy atom. The summed E-state index contributed by atoms with van der Waals surface area (Å²) in [5.41, 5.74) is 1.18. The predicted octanol–water partition coefficient (Wildman–Crippen LogP) is 2.02. The normalized spacial score (nSPS) is 15.1. The highest BCUT2D eigenvalue weighted by Crippen LogP contribution is 2.12. The Balaban J connectivity index is 2.72. The summed E-state index contributed by atoms with van der Waals surface area (Å²) in [5.74, 6) is 0. The van der Waals surface area contributed by atoms with E-state index in [2.05, 4.69) is 18.7 Å². The number of rotatable bonds is 6. The Morgan fingerprint density at radius 1 is 1.22 bits per heavy atom. The van der Waals surface area contributed by atoms with E-state index in [0.29, 0.717) is 12.6 Å². The van der Waals surface area contributed by atoms with Crippen LogP contribution in [0, 0.1) is 0 Å². The first kappa shape index (κ1) is 15.3. The average molecular weight is 269 g/mol. The summed E-state index contributed by atoms with van der Waals surface area (Å²) >= 11 is 0. The van der Waals surface area contributed by atoms with E-state index >= 15 is 0 Å². The highest BCUT2D eigenvalue weighted by Gasteiger charge is 2.12. The van der Waals surface area contributed by atoms with Crippen molar-refractivity contribution in [1.82, 2.24) is 4.90 Å². The molecule has 18 heavy (non-hydrogen) atoms. The molecule has 2 unspecified atom stereocenters. The second kappa shape index (κ2) is 7.02. The number of nitrogens with zero attached hydrogens (tertiary/aromatic N) is 1. The SMILES string of the molecule is CC(O)CN(Cc1ccc(S(C)=O)cc1)C(C)C. The molecule has 0 saturated carbocycles. The average Bonchev–Trinajstić information content (AvgIpc) is 2.28. The van der Waals surface area contributed by atoms with Gasteiger partial charge in [0, 0.05) is 41.1 Å². The summed E-state index contributed by atoms with van der Waals surface area (Å²) in [7, 11) is -0.921. The van der Waals surface area contributed by atoms with E-state index in [1.54, 1.807) is 13.2 Å². The third-order valence-corrected chi connectivity index (χ3v) is 3.81. The molecule has 0 bridgehead atoms. The number of hydrogen-bond acceptors (Lipinski definition) is 3. The van der Waals surface area contributed by atoms with Crippen LogP contribution in [-0.2, 0) is 17.3 Å². The van der Waals surface area contributed by atoms with Gasteiger partial charge in [-0.2, -0.15) is 0 Å². The number of hydrogen-bond donors (Lipinski definition) is 1. The van der Waals surface area contributed by atoms with Crippen molar-refractivity contribution in [2.24, 2.45) is 0 Å². The number of aliphatic hydroxyl groups is 1. The second-order valence-corrected chi connectivity index (χ2v) is 6.35. The molecule has 1 rings (SSSR count). The monoisotopic (exact) mass is 269 g/mol. The van der Waals surface area contributed by atoms with Crippen molar-refractivity contribution in [2.75, 3.05) is 12.8 Å². The van der Waals surface area contributed by atoms with E-state index in [1.807, 2.05) is 24.3 Å². The molecule has 0 spiro atoms. The molecule has 0 aliphatic rings. The van der Waals surface area contributed by atoms with Gasteiger partial charge >= 0.3 is 0 Å². The zero-order valence-electron chi connectivity index (χ0n) is 11.6. The molecule has 1 aromatic carbocycles. The van der Waals surface area contributed by atoms with Gasteiger partial charge in [0.25, 0.3) is 0 Å². The van der Waals surface area contributed by atoms with Gasteiger partial charge in [0.15, 0.2) is 0 Å². The summed E-state index contributed by atoms with van der Waals surface area (Å²) in [6.45, 7) is 7.52. The molecule has 3 nitrogen and oxygen atoms in total. The van der Waals surface area contributed by atoms with Crippen LogP contribution in [0.2, 0.25) is 0 Å². The zero-order valence-corrected chi connectivity index (χ0v) is 12.4. The molecule has 1 N–H and O–H groups in total. The van der Waals surface area contributed by atoms with Crippen LogP contribution in [0.1, 0.15) is 26.3 Å². The highest BCUT2D eigenvalue weighted by atomic mass is 32.2. The summed E-state index contributed by atoms with van der Waals surface area (Å²) in [6.07, 6.45) is 1.36. The number of aliphatic hydroxyl groups excluding tert-OH is 1. The molecule has 2 atom stereocenters. The molecule has 0 saturated heterocycles. The van der Waals surface area contributed by atoms with E-state index in [-0.39, 0.29) is 6.10 Å². The zero-order chi connectivity index (χ0) is 13.7. The van der Waals surface area contributed by atoms with Crippen LogP contribution in [0.4, 0.5) is 0 Å². The van der Waals surface area contributed by atoms with E-state index in [0.717, 1.165) is 11.4 Å². The van der Waals surface area contributed by atoms with Gasteiger partial charge in [-0.25, -0.2) is 0 Å². The lowest BCUT2D eigenvalue weighted by atomic mass is 10.2. The molecule has 0 radical (unpaired) electrons. The van der Waals surface area contributed by atoms with Crippen LogP contribution in [-0.4, -0.2) is 39.2 Å². The summed E-state index contributed by atoms with van der Waals surface area (Å²) < 4.78 is 11.3. The maximum absolute atomic E-state index is 11.3. The first-order chi connectivity index (χ1) is 8.40. The molecule has 0 aliphatic carbocycles. The molecule has 102 valence electrons. The Hall–Kier alpha value is -0.710. The predicted molar refractivity (Wildman–Crippen MR) is 76.0 cm³/mol. The van der Waals surface area contributed by atoms with Gasteiger partial charge in [-0.05, 0) is 38.5 Å². The van der Waals surface area contributed by atoms with E-state index in [1.165, 1.54) is 5.56 Å². The summed E-state index contributed by atoms with van der Waals surface area (Å²) in [6, 6.07) is 8.22. The first-order valence-corrected chi connectivity index (χ1v) is 7.80. The van der Waals surface area contributed by atoms with E-state index in [4.69, 9.17) is 0 Å². The molecule has 4 heteroatoms. The molecule has 0 aromatic heterocycles. The van der Waals surface area contributed by atoms with Gasteiger partial charge in [-0.15, -0.1) is 0 Å². The van der Waals surface area contributed by atoms with Gasteiger partial charge < -0.3 is 5.11 Å². The van der Waals surface area contributed by atoms with Crippen molar-refractivity contribution in [3.8, 4) is 0 Å². The van der Waals surface area contributed by atoms with Crippen LogP contribution >= 0.6 is 0 Å². The smallest absolute Gasteiger partial charge is 0.0639 e. The Kier molecular flexibility index (Phi) is 5.99. The van der Waals surface area contributed by atoms with Crippen LogP contribution < -0.4 is 0 Å². The molecule has 0 heterocycles. The topological polar surface area (TPSA) is 40.5 Å². The minimum Gasteiger partial charge on any atom is -0.392 e. The molecule has 0 aliphatic heterocycles. The van der Waals surface area contributed by atoms with Crippen LogP contribution in [0.15, 0.2) is 29.2 Å². The molecule has 0 amide bonds. The molecular weight excluding hydrogens is 246 g/mol. The third kappa shape index (κ3) is 4.88. The van der Waals surface area contributed by atoms with Crippen LogP contribution in [0.25, 0.3) is 0 Å². The lowest BCUT2D eigenvalue weighted by Gasteiger charge is -2.27. The van der Waals surface area contributed by atoms with Gasteiger partial charge in [0.05, 0.1) is 6.10 Å². The number of benzene rings is 1. The molecule has 1 aromatic rings. The fourth-order valence-corrected chi connectivity index (χ4v) is 2.34. The standard InChI is InChI=1S/C14H23NO2S/c1-11(2)15(9-12(3)16)10-13-5-7-14(8-6-13)18(4)17/h5-8,11-12,16H,9-10H2,1-4H3. The minimum atomic E-state index is -0.921. The van der Waals surface area contributed by atoms with Crippen molar-refractivity contribution >= 4 is 10.8 Å². The quantitative estimate of drug-likeness (QED) is 0.859. The molecular formula is C14H23NO2S. The second-order valence-electron chi connectivity index (χ2n) is 4.97. The summed E-state index contributed by atoms with van der Waals surface area (Å²) in [5, 5.41) is 9.48. The third-order valence-electron chi connectivity index (χ3n) is 2.87. The maximum atomic E-state index is 11.3. The largest absolute Gasteiger partial charge is 0.392 e. The lowest BCUT2D eigenvalue weighted by molar-refractivity contribution is 0.103. The molecule has 0 fully saturated rings. The van der Waals surface area contributed by atoms with Crippen molar-refractivity contribution < 1.29 is 9.32 Å². The highest BCUT2D eigenvalue weighted by molar-refractivity contribution is 7.84. The minimum absolute atomic E-state index is 0.324. The van der Waals surface area contributed by atoms with Crippen molar-refractivity contribution in [2.45, 2.75) is 44.4 Å². The lowest BCUT2D eigenvalue weighted by Crippen LogP contribution is -2.36. The van der Waals surface area contributed by atoms with Crippen LogP contribution in [0.3, 0.4) is 0 Å². The Labute approximate surface area is 112 Å². The van der Waals surface area contributed by atoms with Crippen molar-refractivity contribution in [3.05, 3.63) is 29.8 Å². The Morgan fingerprint density at radius 2 is 1.78 bits per heavy atom. The van der Waals surface area contributed by atoms with Crippen LogP contribution in [0.5, 0.6) is 0 Å². The van der Waals surface area contributed by atoms with E-state index < -0.39 is 10.8 Å². The van der Waals surface area contributed by atoms with Gasteiger partial charge in [0.1, 0.15) is 0 Å². The van der Waals surface area contributed by atoms with Gasteiger partial charge in [-0.3, -0.25) is 9.11 Å². The van der Waals surface area contributed by atoms with Crippen molar-refractivity contribution in [1.29, 1.82) is 0 Å². The van der Waals surface area contributed by atoms with Gasteiger partial charge in [-0.1, -0.05) is 12.1 Å². The van der Waals surface area contributed by atoms with Gasteiger partial charge in [0.2, 0.25) is 0 Å². The fraction of sp³-hybridized carbons (Fsp3) is 0.571. The Bertz CT molecular complexity index is 387. The maximum Gasteiger partial charge on any atom is 0.0639 e. The summed E-state index contributed by atoms with van der Waals surface area (Å²) in [4.78, 5) is 3.08. The fourth-order valence-electron chi connectivity index (χ4n) is 1.82. The van der Waals surface area contributed by atoms with E-state index in [9.17, 15) is 9.32 Å².